The van der Waals surface area contributed by atoms with Crippen LogP contribution in [0.5, 0.6) is 0 Å². The van der Waals surface area contributed by atoms with Gasteiger partial charge in [0.2, 0.25) is 0 Å². The molecule has 0 bridgehead atoms. The Morgan fingerprint density at radius 1 is 1.35 bits per heavy atom. The van der Waals surface area contributed by atoms with Crippen LogP contribution >= 0.6 is 0 Å². The van der Waals surface area contributed by atoms with E-state index in [0.717, 1.165) is 25.2 Å². The molecule has 1 aliphatic rings. The summed E-state index contributed by atoms with van der Waals surface area (Å²) >= 11 is 0. The van der Waals surface area contributed by atoms with Crippen LogP contribution in [0.1, 0.15) is 27.2 Å². The number of anilines is 1. The molecule has 0 radical (unpaired) electrons. The highest BCUT2D eigenvalue weighted by atomic mass is 19.1. The van der Waals surface area contributed by atoms with Gasteiger partial charge in [0, 0.05) is 30.4 Å². The molecule has 94 valence electrons. The number of hydrogen-bond donors (Lipinski definition) is 1. The van der Waals surface area contributed by atoms with Gasteiger partial charge in [0.05, 0.1) is 0 Å². The Kier molecular flexibility index (Phi) is 3.38. The maximum atomic E-state index is 13.0. The molecule has 1 unspecified atom stereocenters. The molecule has 1 aromatic rings. The number of nitrogens with one attached hydrogen (secondary N) is 1. The minimum absolute atomic E-state index is 0.111. The Morgan fingerprint density at radius 3 is 2.59 bits per heavy atom. The smallest absolute Gasteiger partial charge is 0.123 e. The molecule has 0 aromatic heterocycles. The highest BCUT2D eigenvalue weighted by Gasteiger charge is 2.31. The quantitative estimate of drug-likeness (QED) is 0.849. The molecule has 0 saturated carbocycles. The SMILES string of the molecule is CCC1CNC(C)(C)CN1c1ccc(F)cc1. The standard InChI is InChI=1S/C14H21FN2/c1-4-12-9-16-14(2,3)10-17(12)13-7-5-11(15)6-8-13/h5-8,12,16H,4,9-10H2,1-3H3. The predicted molar refractivity (Wildman–Crippen MR) is 69.9 cm³/mol. The topological polar surface area (TPSA) is 15.3 Å². The third-order valence-electron chi connectivity index (χ3n) is 3.45. The van der Waals surface area contributed by atoms with Crippen LogP contribution in [0.4, 0.5) is 10.1 Å². The van der Waals surface area contributed by atoms with Gasteiger partial charge in [-0.2, -0.15) is 0 Å². The van der Waals surface area contributed by atoms with Crippen molar-refractivity contribution in [3.8, 4) is 0 Å². The van der Waals surface area contributed by atoms with Gasteiger partial charge >= 0.3 is 0 Å². The van der Waals surface area contributed by atoms with Crippen molar-refractivity contribution in [1.82, 2.24) is 5.32 Å². The predicted octanol–water partition coefficient (Wildman–Crippen LogP) is 2.79. The zero-order valence-electron chi connectivity index (χ0n) is 10.8. The van der Waals surface area contributed by atoms with E-state index in [2.05, 4.69) is 31.0 Å². The van der Waals surface area contributed by atoms with E-state index in [4.69, 9.17) is 0 Å². The van der Waals surface area contributed by atoms with Crippen LogP contribution in [-0.2, 0) is 0 Å². The molecule has 3 heteroatoms. The maximum absolute atomic E-state index is 13.0. The summed E-state index contributed by atoms with van der Waals surface area (Å²) in [6.07, 6.45) is 1.10. The fourth-order valence-corrected chi connectivity index (χ4v) is 2.41. The van der Waals surface area contributed by atoms with E-state index in [1.54, 1.807) is 0 Å². The van der Waals surface area contributed by atoms with E-state index < -0.39 is 0 Å². The van der Waals surface area contributed by atoms with Crippen molar-refractivity contribution >= 4 is 5.69 Å². The first kappa shape index (κ1) is 12.4. The van der Waals surface area contributed by atoms with Gasteiger partial charge < -0.3 is 10.2 Å². The van der Waals surface area contributed by atoms with Crippen molar-refractivity contribution in [2.45, 2.75) is 38.8 Å². The lowest BCUT2D eigenvalue weighted by molar-refractivity contribution is 0.306. The first-order valence-electron chi connectivity index (χ1n) is 6.29. The molecule has 1 atom stereocenters. The first-order chi connectivity index (χ1) is 8.02. The number of halogens is 1. The largest absolute Gasteiger partial charge is 0.365 e. The van der Waals surface area contributed by atoms with Gasteiger partial charge in [-0.05, 0) is 44.5 Å². The molecule has 1 aromatic carbocycles. The highest BCUT2D eigenvalue weighted by molar-refractivity contribution is 5.48. The number of hydrogen-bond acceptors (Lipinski definition) is 2. The van der Waals surface area contributed by atoms with Gasteiger partial charge in [0.25, 0.3) is 0 Å². The zero-order valence-corrected chi connectivity index (χ0v) is 10.8. The number of piperazine rings is 1. The lowest BCUT2D eigenvalue weighted by Gasteiger charge is -2.45. The van der Waals surface area contributed by atoms with E-state index >= 15 is 0 Å². The molecule has 2 nitrogen and oxygen atoms in total. The monoisotopic (exact) mass is 236 g/mol. The average molecular weight is 236 g/mol. The first-order valence-corrected chi connectivity index (χ1v) is 6.29. The van der Waals surface area contributed by atoms with E-state index in [0.29, 0.717) is 6.04 Å². The van der Waals surface area contributed by atoms with E-state index in [-0.39, 0.29) is 11.4 Å². The fourth-order valence-electron chi connectivity index (χ4n) is 2.41. The van der Waals surface area contributed by atoms with Gasteiger partial charge in [-0.1, -0.05) is 6.92 Å². The summed E-state index contributed by atoms with van der Waals surface area (Å²) < 4.78 is 13.0. The lowest BCUT2D eigenvalue weighted by Crippen LogP contribution is -2.61. The lowest BCUT2D eigenvalue weighted by atomic mass is 9.97. The maximum Gasteiger partial charge on any atom is 0.123 e. The van der Waals surface area contributed by atoms with Crippen molar-refractivity contribution in [2.75, 3.05) is 18.0 Å². The molecule has 1 fully saturated rings. The van der Waals surface area contributed by atoms with E-state index in [1.807, 2.05) is 12.1 Å². The Hall–Kier alpha value is -1.09. The zero-order chi connectivity index (χ0) is 12.5. The van der Waals surface area contributed by atoms with Crippen LogP contribution < -0.4 is 10.2 Å². The normalized spacial score (nSPS) is 23.8. The van der Waals surface area contributed by atoms with Gasteiger partial charge in [-0.15, -0.1) is 0 Å². The van der Waals surface area contributed by atoms with Crippen molar-refractivity contribution in [3.63, 3.8) is 0 Å². The van der Waals surface area contributed by atoms with Crippen LogP contribution in [-0.4, -0.2) is 24.7 Å². The van der Waals surface area contributed by atoms with Crippen molar-refractivity contribution in [2.24, 2.45) is 0 Å². The molecular weight excluding hydrogens is 215 g/mol. The minimum Gasteiger partial charge on any atom is -0.365 e. The summed E-state index contributed by atoms with van der Waals surface area (Å²) in [6, 6.07) is 7.32. The fraction of sp³-hybridized carbons (Fsp3) is 0.571. The number of nitrogens with zero attached hydrogens (tertiary/aromatic N) is 1. The Balaban J connectivity index is 2.23. The Morgan fingerprint density at radius 2 is 2.00 bits per heavy atom. The molecule has 1 aliphatic heterocycles. The summed E-state index contributed by atoms with van der Waals surface area (Å²) in [4.78, 5) is 2.38. The van der Waals surface area contributed by atoms with Crippen molar-refractivity contribution in [1.29, 1.82) is 0 Å². The average Bonchev–Trinajstić information content (AvgIpc) is 2.29. The summed E-state index contributed by atoms with van der Waals surface area (Å²) in [5.74, 6) is -0.170. The van der Waals surface area contributed by atoms with Crippen LogP contribution in [0.15, 0.2) is 24.3 Å². The molecule has 1 N–H and O–H groups in total. The summed E-state index contributed by atoms with van der Waals surface area (Å²) in [6.45, 7) is 8.55. The summed E-state index contributed by atoms with van der Waals surface area (Å²) in [5, 5.41) is 3.55. The summed E-state index contributed by atoms with van der Waals surface area (Å²) in [5.41, 5.74) is 1.23. The van der Waals surface area contributed by atoms with Gasteiger partial charge in [0.1, 0.15) is 5.82 Å². The third kappa shape index (κ3) is 2.78. The van der Waals surface area contributed by atoms with E-state index in [1.165, 1.54) is 12.1 Å². The second-order valence-electron chi connectivity index (χ2n) is 5.43. The van der Waals surface area contributed by atoms with Gasteiger partial charge in [-0.3, -0.25) is 0 Å². The minimum atomic E-state index is -0.170. The highest BCUT2D eigenvalue weighted by Crippen LogP contribution is 2.24. The molecule has 2 rings (SSSR count). The van der Waals surface area contributed by atoms with Crippen LogP contribution in [0, 0.1) is 5.82 Å². The van der Waals surface area contributed by atoms with Crippen LogP contribution in [0.3, 0.4) is 0 Å². The van der Waals surface area contributed by atoms with Crippen LogP contribution in [0.25, 0.3) is 0 Å². The Labute approximate surface area is 103 Å². The molecule has 17 heavy (non-hydrogen) atoms. The summed E-state index contributed by atoms with van der Waals surface area (Å²) in [7, 11) is 0. The number of rotatable bonds is 2. The molecule has 0 amide bonds. The number of benzene rings is 1. The van der Waals surface area contributed by atoms with Crippen molar-refractivity contribution < 1.29 is 4.39 Å². The van der Waals surface area contributed by atoms with Gasteiger partial charge in [-0.25, -0.2) is 4.39 Å². The third-order valence-corrected chi connectivity index (χ3v) is 3.45. The molecule has 0 spiro atoms. The molecular formula is C14H21FN2. The molecule has 1 heterocycles. The molecule has 0 aliphatic carbocycles. The van der Waals surface area contributed by atoms with Gasteiger partial charge in [0.15, 0.2) is 0 Å². The van der Waals surface area contributed by atoms with E-state index in [9.17, 15) is 4.39 Å². The second-order valence-corrected chi connectivity index (χ2v) is 5.43. The second kappa shape index (κ2) is 4.65. The van der Waals surface area contributed by atoms with Crippen LogP contribution in [0.2, 0.25) is 0 Å². The van der Waals surface area contributed by atoms with Crippen molar-refractivity contribution in [3.05, 3.63) is 30.1 Å². The Bertz CT molecular complexity index is 372. The molecule has 1 saturated heterocycles.